The zero-order valence-corrected chi connectivity index (χ0v) is 13.7. The molecule has 2 aromatic rings. The summed E-state index contributed by atoms with van der Waals surface area (Å²) in [6, 6.07) is 9.29. The number of anilines is 1. The van der Waals surface area contributed by atoms with Crippen LogP contribution in [-0.4, -0.2) is 41.2 Å². The summed E-state index contributed by atoms with van der Waals surface area (Å²) in [6.07, 6.45) is 1.99. The Bertz CT molecular complexity index is 738. The van der Waals surface area contributed by atoms with Crippen molar-refractivity contribution in [3.63, 3.8) is 0 Å². The van der Waals surface area contributed by atoms with Crippen LogP contribution in [0.2, 0.25) is 0 Å². The van der Waals surface area contributed by atoms with Crippen LogP contribution in [0.15, 0.2) is 39.8 Å². The number of hydrogen-bond acceptors (Lipinski definition) is 5. The molecule has 0 saturated carbocycles. The van der Waals surface area contributed by atoms with Gasteiger partial charge in [-0.05, 0) is 31.4 Å². The minimum absolute atomic E-state index is 0.0661. The molecule has 6 nitrogen and oxygen atoms in total. The number of aromatic nitrogens is 1. The number of carbonyl (C=O) groups excluding carboxylic acids is 2. The number of carbonyl (C=O) groups is 2. The highest BCUT2D eigenvalue weighted by atomic mass is 32.2. The first kappa shape index (κ1) is 15.6. The van der Waals surface area contributed by atoms with Crippen LogP contribution >= 0.6 is 11.8 Å². The predicted octanol–water partition coefficient (Wildman–Crippen LogP) is 2.42. The Morgan fingerprint density at radius 3 is 2.78 bits per heavy atom. The van der Waals surface area contributed by atoms with E-state index in [2.05, 4.69) is 10.5 Å². The minimum Gasteiger partial charge on any atom is -0.361 e. The molecule has 1 fully saturated rings. The molecule has 1 aromatic heterocycles. The summed E-state index contributed by atoms with van der Waals surface area (Å²) in [5.74, 6) is 0.139. The third-order valence-electron chi connectivity index (χ3n) is 3.72. The van der Waals surface area contributed by atoms with E-state index in [0.29, 0.717) is 18.8 Å². The van der Waals surface area contributed by atoms with Crippen molar-refractivity contribution in [1.82, 2.24) is 10.1 Å². The van der Waals surface area contributed by atoms with Crippen molar-refractivity contribution >= 4 is 29.3 Å². The average Bonchev–Trinajstić information content (AvgIpc) is 2.92. The summed E-state index contributed by atoms with van der Waals surface area (Å²) in [5, 5.41) is 6.60. The van der Waals surface area contributed by atoms with E-state index in [4.69, 9.17) is 4.52 Å². The molecule has 2 amide bonds. The van der Waals surface area contributed by atoms with Gasteiger partial charge in [-0.2, -0.15) is 0 Å². The van der Waals surface area contributed by atoms with Crippen LogP contribution in [0.1, 0.15) is 16.2 Å². The smallest absolute Gasteiger partial charge is 0.276 e. The second kappa shape index (κ2) is 6.45. The van der Waals surface area contributed by atoms with E-state index in [1.165, 1.54) is 0 Å². The lowest BCUT2D eigenvalue weighted by Gasteiger charge is -2.37. The van der Waals surface area contributed by atoms with Gasteiger partial charge in [-0.15, -0.1) is 11.8 Å². The van der Waals surface area contributed by atoms with Gasteiger partial charge in [-0.3, -0.25) is 9.59 Å². The molecular weight excluding hydrogens is 314 g/mol. The Kier molecular flexibility index (Phi) is 4.38. The number of rotatable bonds is 4. The van der Waals surface area contributed by atoms with Crippen LogP contribution in [0, 0.1) is 12.8 Å². The maximum absolute atomic E-state index is 12.2. The van der Waals surface area contributed by atoms with Crippen LogP contribution < -0.4 is 5.32 Å². The van der Waals surface area contributed by atoms with Gasteiger partial charge in [0.1, 0.15) is 5.76 Å². The molecule has 1 N–H and O–H groups in total. The molecule has 0 spiro atoms. The average molecular weight is 331 g/mol. The summed E-state index contributed by atoms with van der Waals surface area (Å²) in [6.45, 7) is 2.54. The minimum atomic E-state index is -0.199. The van der Waals surface area contributed by atoms with Crippen molar-refractivity contribution in [2.75, 3.05) is 24.7 Å². The lowest BCUT2D eigenvalue weighted by atomic mass is 9.98. The second-order valence-corrected chi connectivity index (χ2v) is 6.33. The molecule has 3 rings (SSSR count). The Labute approximate surface area is 138 Å². The molecule has 120 valence electrons. The molecular formula is C16H17N3O3S. The van der Waals surface area contributed by atoms with Gasteiger partial charge in [0.25, 0.3) is 5.91 Å². The zero-order chi connectivity index (χ0) is 16.4. The Balaban J connectivity index is 1.54. The zero-order valence-electron chi connectivity index (χ0n) is 12.9. The molecule has 7 heteroatoms. The number of nitrogens with one attached hydrogen (secondary N) is 1. The van der Waals surface area contributed by atoms with E-state index in [1.807, 2.05) is 30.5 Å². The van der Waals surface area contributed by atoms with Gasteiger partial charge < -0.3 is 14.7 Å². The molecule has 0 atom stereocenters. The van der Waals surface area contributed by atoms with Crippen LogP contribution in [0.3, 0.4) is 0 Å². The number of likely N-dealkylation sites (tertiary alicyclic amines) is 1. The highest BCUT2D eigenvalue weighted by Crippen LogP contribution is 2.23. The lowest BCUT2D eigenvalue weighted by molar-refractivity contribution is -0.123. The number of thioether (sulfide) groups is 1. The highest BCUT2D eigenvalue weighted by Gasteiger charge is 2.37. The van der Waals surface area contributed by atoms with Crippen molar-refractivity contribution in [2.24, 2.45) is 5.92 Å². The normalized spacial score (nSPS) is 14.4. The fourth-order valence-corrected chi connectivity index (χ4v) is 2.84. The third-order valence-corrected chi connectivity index (χ3v) is 4.45. The van der Waals surface area contributed by atoms with Crippen molar-refractivity contribution in [2.45, 2.75) is 11.8 Å². The van der Waals surface area contributed by atoms with E-state index in [-0.39, 0.29) is 23.4 Å². The first-order valence-corrected chi connectivity index (χ1v) is 8.47. The summed E-state index contributed by atoms with van der Waals surface area (Å²) >= 11 is 1.62. The maximum Gasteiger partial charge on any atom is 0.276 e. The van der Waals surface area contributed by atoms with Gasteiger partial charge in [0.15, 0.2) is 5.69 Å². The third kappa shape index (κ3) is 3.39. The van der Waals surface area contributed by atoms with Gasteiger partial charge >= 0.3 is 0 Å². The predicted molar refractivity (Wildman–Crippen MR) is 87.5 cm³/mol. The topological polar surface area (TPSA) is 75.4 Å². The van der Waals surface area contributed by atoms with E-state index in [9.17, 15) is 9.59 Å². The van der Waals surface area contributed by atoms with Crippen LogP contribution in [0.4, 0.5) is 5.69 Å². The van der Waals surface area contributed by atoms with Crippen molar-refractivity contribution in [3.8, 4) is 0 Å². The summed E-state index contributed by atoms with van der Waals surface area (Å²) in [5.41, 5.74) is 1.06. The van der Waals surface area contributed by atoms with Gasteiger partial charge in [0.05, 0.1) is 5.92 Å². The molecule has 1 aromatic carbocycles. The Hall–Kier alpha value is -2.28. The molecule has 0 unspecified atom stereocenters. The summed E-state index contributed by atoms with van der Waals surface area (Å²) in [7, 11) is 0. The number of benzene rings is 1. The highest BCUT2D eigenvalue weighted by molar-refractivity contribution is 7.98. The van der Waals surface area contributed by atoms with Crippen LogP contribution in [0.25, 0.3) is 0 Å². The van der Waals surface area contributed by atoms with Gasteiger partial charge in [-0.1, -0.05) is 11.2 Å². The fourth-order valence-electron chi connectivity index (χ4n) is 2.38. The molecule has 0 aliphatic carbocycles. The lowest BCUT2D eigenvalue weighted by Crippen LogP contribution is -2.54. The number of nitrogens with zero attached hydrogens (tertiary/aromatic N) is 2. The largest absolute Gasteiger partial charge is 0.361 e. The molecule has 0 radical (unpaired) electrons. The SMILES string of the molecule is CSc1cccc(NC(=O)C2CN(C(=O)c3cc(C)on3)C2)c1. The van der Waals surface area contributed by atoms with Crippen molar-refractivity contribution in [3.05, 3.63) is 41.8 Å². The molecule has 0 bridgehead atoms. The molecule has 23 heavy (non-hydrogen) atoms. The number of aryl methyl sites for hydroxylation is 1. The van der Waals surface area contributed by atoms with Crippen LogP contribution in [0.5, 0.6) is 0 Å². The van der Waals surface area contributed by atoms with Crippen LogP contribution in [-0.2, 0) is 4.79 Å². The first-order chi connectivity index (χ1) is 11.1. The molecule has 2 heterocycles. The Morgan fingerprint density at radius 1 is 1.35 bits per heavy atom. The summed E-state index contributed by atoms with van der Waals surface area (Å²) in [4.78, 5) is 27.0. The summed E-state index contributed by atoms with van der Waals surface area (Å²) < 4.78 is 4.90. The monoisotopic (exact) mass is 331 g/mol. The molecule has 1 aliphatic heterocycles. The van der Waals surface area contributed by atoms with Gasteiger partial charge in [0, 0.05) is 29.7 Å². The van der Waals surface area contributed by atoms with Gasteiger partial charge in [-0.25, -0.2) is 0 Å². The van der Waals surface area contributed by atoms with Crippen molar-refractivity contribution in [1.29, 1.82) is 0 Å². The van der Waals surface area contributed by atoms with E-state index < -0.39 is 0 Å². The number of amides is 2. The quantitative estimate of drug-likeness (QED) is 0.871. The number of hydrogen-bond donors (Lipinski definition) is 1. The van der Waals surface area contributed by atoms with Crippen molar-refractivity contribution < 1.29 is 14.1 Å². The fraction of sp³-hybridized carbons (Fsp3) is 0.312. The van der Waals surface area contributed by atoms with E-state index in [1.54, 1.807) is 29.7 Å². The molecule has 1 saturated heterocycles. The van der Waals surface area contributed by atoms with Gasteiger partial charge in [0.2, 0.25) is 5.91 Å². The van der Waals surface area contributed by atoms with E-state index >= 15 is 0 Å². The second-order valence-electron chi connectivity index (χ2n) is 5.45. The molecule has 1 aliphatic rings. The Morgan fingerprint density at radius 2 is 2.13 bits per heavy atom. The standard InChI is InChI=1S/C16H17N3O3S/c1-10-6-14(18-22-10)16(21)19-8-11(9-19)15(20)17-12-4-3-5-13(7-12)23-2/h3-7,11H,8-9H2,1-2H3,(H,17,20). The maximum atomic E-state index is 12.2. The first-order valence-electron chi connectivity index (χ1n) is 7.24. The van der Waals surface area contributed by atoms with E-state index in [0.717, 1.165) is 10.6 Å².